The Kier molecular flexibility index (Phi) is 4.27. The molecule has 4 nitrogen and oxygen atoms in total. The summed E-state index contributed by atoms with van der Waals surface area (Å²) in [5.41, 5.74) is 12.2. The lowest BCUT2D eigenvalue weighted by Gasteiger charge is -2.05. The number of carbonyl (C=O) groups is 1. The van der Waals surface area contributed by atoms with Crippen LogP contribution in [0, 0.1) is 11.3 Å². The average molecular weight is 372 g/mol. The van der Waals surface area contributed by atoms with Crippen molar-refractivity contribution in [3.05, 3.63) is 75.7 Å². The van der Waals surface area contributed by atoms with E-state index in [0.29, 0.717) is 22.7 Å². The summed E-state index contributed by atoms with van der Waals surface area (Å²) in [6.07, 6.45) is 2.07. The number of benzene rings is 2. The van der Waals surface area contributed by atoms with Crippen molar-refractivity contribution in [2.24, 2.45) is 0 Å². The molecule has 2 N–H and O–H groups in total. The Morgan fingerprint density at radius 2 is 1.89 bits per heavy atom. The highest BCUT2D eigenvalue weighted by molar-refractivity contribution is 7.18. The maximum Gasteiger partial charge on any atom is 0.341 e. The number of carbonyl (C=O) groups excluding carboxylic acids is 1. The van der Waals surface area contributed by atoms with E-state index in [-0.39, 0.29) is 5.97 Å². The predicted molar refractivity (Wildman–Crippen MR) is 108 cm³/mol. The van der Waals surface area contributed by atoms with E-state index in [1.54, 1.807) is 19.1 Å². The van der Waals surface area contributed by atoms with E-state index in [1.807, 2.05) is 36.4 Å². The monoisotopic (exact) mass is 372 g/mol. The molecular formula is C22H16N2O2S. The minimum Gasteiger partial charge on any atom is -0.462 e. The summed E-state index contributed by atoms with van der Waals surface area (Å²) in [6.45, 7) is 2.09. The minimum absolute atomic E-state index is 0.304. The first kappa shape index (κ1) is 17.1. The molecule has 0 saturated carbocycles. The summed E-state index contributed by atoms with van der Waals surface area (Å²) in [6, 6.07) is 17.5. The number of anilines is 1. The molecule has 0 bridgehead atoms. The molecule has 0 amide bonds. The maximum absolute atomic E-state index is 12.5. The average Bonchev–Trinajstić information content (AvgIpc) is 3.17. The van der Waals surface area contributed by atoms with E-state index in [9.17, 15) is 4.79 Å². The van der Waals surface area contributed by atoms with Gasteiger partial charge in [-0.1, -0.05) is 36.4 Å². The zero-order chi connectivity index (χ0) is 19.0. The Labute approximate surface area is 161 Å². The van der Waals surface area contributed by atoms with Crippen molar-refractivity contribution in [1.29, 1.82) is 5.26 Å². The molecule has 0 atom stereocenters. The second-order valence-corrected chi connectivity index (χ2v) is 7.16. The zero-order valence-corrected chi connectivity index (χ0v) is 15.5. The topological polar surface area (TPSA) is 76.1 Å². The number of ether oxygens (including phenoxy) is 1. The Balaban J connectivity index is 1.91. The van der Waals surface area contributed by atoms with Gasteiger partial charge in [-0.2, -0.15) is 5.26 Å². The first-order chi connectivity index (χ1) is 13.1. The fraction of sp³-hybridized carbons (Fsp3) is 0.0909. The van der Waals surface area contributed by atoms with Crippen LogP contribution in [-0.2, 0) is 4.74 Å². The SMILES string of the molecule is CCOC(=O)c1c(N)sc2c1-c1ccccc1/C2=C\c1ccc(C#N)cc1. The molecule has 0 aliphatic heterocycles. The zero-order valence-electron chi connectivity index (χ0n) is 14.7. The van der Waals surface area contributed by atoms with Gasteiger partial charge >= 0.3 is 5.97 Å². The summed E-state index contributed by atoms with van der Waals surface area (Å²) in [5, 5.41) is 9.45. The van der Waals surface area contributed by atoms with Gasteiger partial charge in [0.2, 0.25) is 0 Å². The molecule has 1 heterocycles. The molecule has 132 valence electrons. The summed E-state index contributed by atoms with van der Waals surface area (Å²) in [5.74, 6) is -0.387. The molecule has 5 heteroatoms. The van der Waals surface area contributed by atoms with E-state index in [0.717, 1.165) is 32.7 Å². The minimum atomic E-state index is -0.387. The third kappa shape index (κ3) is 2.80. The van der Waals surface area contributed by atoms with Gasteiger partial charge in [-0.3, -0.25) is 0 Å². The second-order valence-electron chi connectivity index (χ2n) is 6.10. The molecule has 4 rings (SSSR count). The number of nitrogens with two attached hydrogens (primary N) is 1. The van der Waals surface area contributed by atoms with Crippen molar-refractivity contribution in [1.82, 2.24) is 0 Å². The van der Waals surface area contributed by atoms with Gasteiger partial charge in [-0.15, -0.1) is 11.3 Å². The summed E-state index contributed by atoms with van der Waals surface area (Å²) >= 11 is 1.41. The lowest BCUT2D eigenvalue weighted by molar-refractivity contribution is 0.0529. The number of rotatable bonds is 3. The van der Waals surface area contributed by atoms with Gasteiger partial charge in [0, 0.05) is 16.0 Å². The molecule has 1 aliphatic rings. The third-order valence-corrected chi connectivity index (χ3v) is 5.55. The Bertz CT molecular complexity index is 1120. The van der Waals surface area contributed by atoms with Crippen LogP contribution in [-0.4, -0.2) is 12.6 Å². The van der Waals surface area contributed by atoms with Crippen molar-refractivity contribution in [3.8, 4) is 17.2 Å². The number of nitrogens with zero attached hydrogens (tertiary/aromatic N) is 1. The number of nitrogen functional groups attached to an aromatic ring is 1. The number of nitriles is 1. The molecule has 0 spiro atoms. The summed E-state index contributed by atoms with van der Waals surface area (Å²) < 4.78 is 5.22. The van der Waals surface area contributed by atoms with Crippen LogP contribution in [0.3, 0.4) is 0 Å². The fourth-order valence-corrected chi connectivity index (χ4v) is 4.42. The predicted octanol–water partition coefficient (Wildman–Crippen LogP) is 4.95. The van der Waals surface area contributed by atoms with Crippen molar-refractivity contribution < 1.29 is 9.53 Å². The smallest absolute Gasteiger partial charge is 0.341 e. The van der Waals surface area contributed by atoms with Crippen LogP contribution in [0.4, 0.5) is 5.00 Å². The molecule has 27 heavy (non-hydrogen) atoms. The molecule has 0 unspecified atom stereocenters. The Morgan fingerprint density at radius 1 is 1.19 bits per heavy atom. The van der Waals surface area contributed by atoms with Crippen molar-refractivity contribution in [2.45, 2.75) is 6.92 Å². The maximum atomic E-state index is 12.5. The quantitative estimate of drug-likeness (QED) is 0.516. The highest BCUT2D eigenvalue weighted by Gasteiger charge is 2.33. The van der Waals surface area contributed by atoms with Crippen LogP contribution < -0.4 is 5.73 Å². The highest BCUT2D eigenvalue weighted by Crippen LogP contribution is 2.52. The fourth-order valence-electron chi connectivity index (χ4n) is 3.32. The molecule has 0 radical (unpaired) electrons. The van der Waals surface area contributed by atoms with E-state index in [2.05, 4.69) is 12.1 Å². The lowest BCUT2D eigenvalue weighted by Crippen LogP contribution is -2.07. The van der Waals surface area contributed by atoms with Crippen LogP contribution in [0.2, 0.25) is 0 Å². The van der Waals surface area contributed by atoms with Gasteiger partial charge in [-0.05, 0) is 41.8 Å². The van der Waals surface area contributed by atoms with Crippen LogP contribution in [0.1, 0.15) is 38.8 Å². The van der Waals surface area contributed by atoms with Crippen molar-refractivity contribution in [2.75, 3.05) is 12.3 Å². The number of hydrogen-bond donors (Lipinski definition) is 1. The first-order valence-electron chi connectivity index (χ1n) is 8.55. The van der Waals surface area contributed by atoms with Gasteiger partial charge in [0.15, 0.2) is 0 Å². The van der Waals surface area contributed by atoms with Gasteiger partial charge in [-0.25, -0.2) is 4.79 Å². The standard InChI is InChI=1S/C22H16N2O2S/c1-2-26-22(25)19-18-16-6-4-3-5-15(16)17(20(18)27-21(19)24)11-13-7-9-14(12-23)10-8-13/h3-11H,2,24H2,1H3/b17-11+. The Morgan fingerprint density at radius 3 is 2.56 bits per heavy atom. The van der Waals surface area contributed by atoms with Crippen LogP contribution in [0.15, 0.2) is 48.5 Å². The molecule has 0 fully saturated rings. The number of hydrogen-bond acceptors (Lipinski definition) is 5. The van der Waals surface area contributed by atoms with E-state index < -0.39 is 0 Å². The first-order valence-corrected chi connectivity index (χ1v) is 9.37. The Hall–Kier alpha value is -3.36. The van der Waals surface area contributed by atoms with Gasteiger partial charge in [0.05, 0.1) is 18.2 Å². The summed E-state index contributed by atoms with van der Waals surface area (Å²) in [7, 11) is 0. The molecule has 2 aromatic carbocycles. The molecule has 0 saturated heterocycles. The largest absolute Gasteiger partial charge is 0.462 e. The normalized spacial score (nSPS) is 13.1. The molecule has 3 aromatic rings. The second kappa shape index (κ2) is 6.75. The lowest BCUT2D eigenvalue weighted by atomic mass is 10.0. The summed E-state index contributed by atoms with van der Waals surface area (Å²) in [4.78, 5) is 13.5. The van der Waals surface area contributed by atoms with Gasteiger partial charge < -0.3 is 10.5 Å². The van der Waals surface area contributed by atoms with Crippen molar-refractivity contribution in [3.63, 3.8) is 0 Å². The van der Waals surface area contributed by atoms with Crippen molar-refractivity contribution >= 4 is 34.0 Å². The molecular weight excluding hydrogens is 356 g/mol. The van der Waals surface area contributed by atoms with Gasteiger partial charge in [0.1, 0.15) is 10.6 Å². The van der Waals surface area contributed by atoms with E-state index in [1.165, 1.54) is 11.3 Å². The van der Waals surface area contributed by atoms with E-state index in [4.69, 9.17) is 15.7 Å². The van der Waals surface area contributed by atoms with E-state index >= 15 is 0 Å². The molecule has 1 aliphatic carbocycles. The molecule has 1 aromatic heterocycles. The number of thiophene rings is 1. The third-order valence-electron chi connectivity index (χ3n) is 4.50. The van der Waals surface area contributed by atoms with Crippen LogP contribution in [0.25, 0.3) is 22.8 Å². The number of esters is 1. The number of fused-ring (bicyclic) bond motifs is 3. The van der Waals surface area contributed by atoms with Crippen LogP contribution in [0.5, 0.6) is 0 Å². The van der Waals surface area contributed by atoms with Gasteiger partial charge in [0.25, 0.3) is 0 Å². The van der Waals surface area contributed by atoms with Crippen LogP contribution >= 0.6 is 11.3 Å². The highest BCUT2D eigenvalue weighted by atomic mass is 32.1.